The molecule has 17 heavy (non-hydrogen) atoms. The van der Waals surface area contributed by atoms with Crippen LogP contribution in [-0.2, 0) is 6.54 Å². The Morgan fingerprint density at radius 1 is 1.47 bits per heavy atom. The van der Waals surface area contributed by atoms with Crippen molar-refractivity contribution in [3.05, 3.63) is 53.2 Å². The van der Waals surface area contributed by atoms with Gasteiger partial charge < -0.3 is 9.84 Å². The van der Waals surface area contributed by atoms with Crippen LogP contribution in [0.2, 0.25) is 0 Å². The fraction of sp³-hybridized carbons (Fsp3) is 0.167. The van der Waals surface area contributed by atoms with Gasteiger partial charge in [-0.15, -0.1) is 0 Å². The second-order valence-corrected chi connectivity index (χ2v) is 3.64. The highest BCUT2D eigenvalue weighted by molar-refractivity contribution is 5.92. The van der Waals surface area contributed by atoms with E-state index in [1.165, 1.54) is 12.1 Å². The Kier molecular flexibility index (Phi) is 3.18. The predicted molar refractivity (Wildman–Crippen MR) is 58.8 cm³/mol. The SMILES string of the molecule is Cc1cc(C(=O)NCc2cccc(F)c2)no1. The second kappa shape index (κ2) is 4.78. The van der Waals surface area contributed by atoms with Crippen molar-refractivity contribution in [2.24, 2.45) is 0 Å². The van der Waals surface area contributed by atoms with Crippen molar-refractivity contribution in [2.75, 3.05) is 0 Å². The predicted octanol–water partition coefficient (Wildman–Crippen LogP) is 2.05. The number of amides is 1. The third kappa shape index (κ3) is 2.90. The highest BCUT2D eigenvalue weighted by Gasteiger charge is 2.10. The van der Waals surface area contributed by atoms with Gasteiger partial charge in [-0.2, -0.15) is 0 Å². The highest BCUT2D eigenvalue weighted by Crippen LogP contribution is 2.04. The lowest BCUT2D eigenvalue weighted by Gasteiger charge is -2.02. The lowest BCUT2D eigenvalue weighted by atomic mass is 10.2. The Hall–Kier alpha value is -2.17. The first-order chi connectivity index (χ1) is 8.15. The minimum absolute atomic E-state index is 0.221. The van der Waals surface area contributed by atoms with E-state index in [4.69, 9.17) is 4.52 Å². The largest absolute Gasteiger partial charge is 0.361 e. The average Bonchev–Trinajstić information content (AvgIpc) is 2.73. The Morgan fingerprint density at radius 3 is 2.94 bits per heavy atom. The van der Waals surface area contributed by atoms with Gasteiger partial charge in [-0.1, -0.05) is 17.3 Å². The summed E-state index contributed by atoms with van der Waals surface area (Å²) in [5.41, 5.74) is 0.914. The molecule has 1 amide bonds. The molecule has 0 spiro atoms. The van der Waals surface area contributed by atoms with Crippen molar-refractivity contribution in [3.63, 3.8) is 0 Å². The minimum Gasteiger partial charge on any atom is -0.361 e. The topological polar surface area (TPSA) is 55.1 Å². The van der Waals surface area contributed by atoms with E-state index >= 15 is 0 Å². The van der Waals surface area contributed by atoms with Crippen LogP contribution in [0.5, 0.6) is 0 Å². The van der Waals surface area contributed by atoms with Gasteiger partial charge in [0.1, 0.15) is 11.6 Å². The van der Waals surface area contributed by atoms with Crippen LogP contribution in [0.1, 0.15) is 21.8 Å². The van der Waals surface area contributed by atoms with Crippen LogP contribution in [0.15, 0.2) is 34.9 Å². The Bertz CT molecular complexity index is 537. The molecule has 0 fully saturated rings. The first kappa shape index (κ1) is 11.3. The van der Waals surface area contributed by atoms with Gasteiger partial charge in [0, 0.05) is 12.6 Å². The van der Waals surface area contributed by atoms with Crippen molar-refractivity contribution in [1.29, 1.82) is 0 Å². The number of aryl methyl sites for hydroxylation is 1. The molecular weight excluding hydrogens is 223 g/mol. The number of carbonyl (C=O) groups is 1. The van der Waals surface area contributed by atoms with Crippen molar-refractivity contribution in [1.82, 2.24) is 10.5 Å². The van der Waals surface area contributed by atoms with E-state index in [0.29, 0.717) is 11.3 Å². The molecule has 0 saturated heterocycles. The maximum Gasteiger partial charge on any atom is 0.273 e. The zero-order valence-electron chi connectivity index (χ0n) is 9.24. The number of benzene rings is 1. The van der Waals surface area contributed by atoms with E-state index in [1.807, 2.05) is 0 Å². The molecule has 0 aliphatic rings. The quantitative estimate of drug-likeness (QED) is 0.884. The number of halogens is 1. The van der Waals surface area contributed by atoms with Crippen LogP contribution in [0.4, 0.5) is 4.39 Å². The molecule has 2 aromatic rings. The number of rotatable bonds is 3. The van der Waals surface area contributed by atoms with Gasteiger partial charge >= 0.3 is 0 Å². The zero-order valence-corrected chi connectivity index (χ0v) is 9.24. The zero-order chi connectivity index (χ0) is 12.3. The van der Waals surface area contributed by atoms with E-state index in [9.17, 15) is 9.18 Å². The lowest BCUT2D eigenvalue weighted by molar-refractivity contribution is 0.0941. The molecule has 0 saturated carbocycles. The van der Waals surface area contributed by atoms with Gasteiger partial charge in [0.2, 0.25) is 0 Å². The van der Waals surface area contributed by atoms with Gasteiger partial charge in [0.15, 0.2) is 5.69 Å². The smallest absolute Gasteiger partial charge is 0.273 e. The van der Waals surface area contributed by atoms with Crippen molar-refractivity contribution in [3.8, 4) is 0 Å². The maximum atomic E-state index is 12.9. The van der Waals surface area contributed by atoms with Gasteiger partial charge in [-0.3, -0.25) is 4.79 Å². The molecule has 0 aliphatic heterocycles. The van der Waals surface area contributed by atoms with E-state index in [-0.39, 0.29) is 24.0 Å². The third-order valence-electron chi connectivity index (χ3n) is 2.20. The summed E-state index contributed by atoms with van der Waals surface area (Å²) in [5.74, 6) is -0.0963. The van der Waals surface area contributed by atoms with E-state index in [0.717, 1.165) is 0 Å². The van der Waals surface area contributed by atoms with Crippen molar-refractivity contribution in [2.45, 2.75) is 13.5 Å². The molecule has 1 heterocycles. The summed E-state index contributed by atoms with van der Waals surface area (Å²) < 4.78 is 17.7. The lowest BCUT2D eigenvalue weighted by Crippen LogP contribution is -2.23. The van der Waals surface area contributed by atoms with Crippen LogP contribution in [0.3, 0.4) is 0 Å². The summed E-state index contributed by atoms with van der Waals surface area (Å²) in [6.07, 6.45) is 0. The fourth-order valence-electron chi connectivity index (χ4n) is 1.39. The number of nitrogens with one attached hydrogen (secondary N) is 1. The number of hydrogen-bond acceptors (Lipinski definition) is 3. The summed E-state index contributed by atoms with van der Waals surface area (Å²) in [6.45, 7) is 1.96. The monoisotopic (exact) mass is 234 g/mol. The molecule has 88 valence electrons. The molecular formula is C12H11FN2O2. The molecule has 1 N–H and O–H groups in total. The normalized spacial score (nSPS) is 10.2. The van der Waals surface area contributed by atoms with Crippen LogP contribution in [-0.4, -0.2) is 11.1 Å². The van der Waals surface area contributed by atoms with Gasteiger partial charge in [-0.05, 0) is 24.6 Å². The van der Waals surface area contributed by atoms with Gasteiger partial charge in [0.05, 0.1) is 0 Å². The van der Waals surface area contributed by atoms with E-state index in [1.54, 1.807) is 25.1 Å². The maximum absolute atomic E-state index is 12.9. The van der Waals surface area contributed by atoms with E-state index in [2.05, 4.69) is 10.5 Å². The summed E-state index contributed by atoms with van der Waals surface area (Å²) in [5, 5.41) is 6.21. The number of carbonyl (C=O) groups excluding carboxylic acids is 1. The molecule has 0 unspecified atom stereocenters. The molecule has 0 aliphatic carbocycles. The second-order valence-electron chi connectivity index (χ2n) is 3.64. The molecule has 2 rings (SSSR count). The first-order valence-electron chi connectivity index (χ1n) is 5.11. The fourth-order valence-corrected chi connectivity index (χ4v) is 1.39. The molecule has 1 aromatic carbocycles. The number of hydrogen-bond donors (Lipinski definition) is 1. The average molecular weight is 234 g/mol. The third-order valence-corrected chi connectivity index (χ3v) is 2.20. The van der Waals surface area contributed by atoms with Gasteiger partial charge in [0.25, 0.3) is 5.91 Å². The van der Waals surface area contributed by atoms with Crippen LogP contribution < -0.4 is 5.32 Å². The van der Waals surface area contributed by atoms with Crippen molar-refractivity contribution >= 4 is 5.91 Å². The Balaban J connectivity index is 1.97. The summed E-state index contributed by atoms with van der Waals surface area (Å²) in [4.78, 5) is 11.6. The number of aromatic nitrogens is 1. The molecule has 5 heteroatoms. The molecule has 0 atom stereocenters. The highest BCUT2D eigenvalue weighted by atomic mass is 19.1. The Labute approximate surface area is 97.4 Å². The van der Waals surface area contributed by atoms with Crippen LogP contribution >= 0.6 is 0 Å². The molecule has 0 radical (unpaired) electrons. The Morgan fingerprint density at radius 2 is 2.29 bits per heavy atom. The minimum atomic E-state index is -0.342. The van der Waals surface area contributed by atoms with Gasteiger partial charge in [-0.25, -0.2) is 4.39 Å². The summed E-state index contributed by atoms with van der Waals surface area (Å²) >= 11 is 0. The van der Waals surface area contributed by atoms with Crippen LogP contribution in [0, 0.1) is 12.7 Å². The van der Waals surface area contributed by atoms with E-state index < -0.39 is 0 Å². The van der Waals surface area contributed by atoms with Crippen LogP contribution in [0.25, 0.3) is 0 Å². The summed E-state index contributed by atoms with van der Waals surface area (Å²) in [6, 6.07) is 7.59. The van der Waals surface area contributed by atoms with Crippen molar-refractivity contribution < 1.29 is 13.7 Å². The standard InChI is InChI=1S/C12H11FN2O2/c1-8-5-11(15-17-8)12(16)14-7-9-3-2-4-10(13)6-9/h2-6H,7H2,1H3,(H,14,16). The molecule has 0 bridgehead atoms. The molecule has 1 aromatic heterocycles. The summed E-state index contributed by atoms with van der Waals surface area (Å²) in [7, 11) is 0. The number of nitrogens with zero attached hydrogens (tertiary/aromatic N) is 1. The first-order valence-corrected chi connectivity index (χ1v) is 5.11. The molecule has 4 nitrogen and oxygen atoms in total.